The van der Waals surface area contributed by atoms with E-state index in [0.717, 1.165) is 17.3 Å². The van der Waals surface area contributed by atoms with Crippen LogP contribution in [0.15, 0.2) is 72.8 Å². The lowest BCUT2D eigenvalue weighted by Crippen LogP contribution is -2.15. The van der Waals surface area contributed by atoms with Gasteiger partial charge in [-0.3, -0.25) is 0 Å². The highest BCUT2D eigenvalue weighted by Gasteiger charge is 2.23. The van der Waals surface area contributed by atoms with E-state index in [9.17, 15) is 0 Å². The number of nitrogens with zero attached hydrogens (tertiary/aromatic N) is 2. The lowest BCUT2D eigenvalue weighted by molar-refractivity contribution is 0.756. The van der Waals surface area contributed by atoms with Crippen LogP contribution in [0.4, 0.5) is 11.4 Å². The Balaban J connectivity index is 1.89. The number of hydrogen-bond acceptors (Lipinski definition) is 2. The molecule has 4 rings (SSSR count). The van der Waals surface area contributed by atoms with E-state index in [4.69, 9.17) is 11.6 Å². The Morgan fingerprint density at radius 2 is 1.70 bits per heavy atom. The van der Waals surface area contributed by atoms with Gasteiger partial charge in [-0.2, -0.15) is 0 Å². The highest BCUT2D eigenvalue weighted by molar-refractivity contribution is 6.30. The SMILES string of the molecule is CCn1c(C)c(C(Nc2cccc(Cl)c2)c2ccc(N(C)C)cc2)c2ccccc21. The maximum absolute atomic E-state index is 6.28. The predicted molar refractivity (Wildman–Crippen MR) is 130 cm³/mol. The summed E-state index contributed by atoms with van der Waals surface area (Å²) in [6.45, 7) is 5.37. The first-order valence-electron chi connectivity index (χ1n) is 10.4. The van der Waals surface area contributed by atoms with Crippen molar-refractivity contribution >= 4 is 33.9 Å². The van der Waals surface area contributed by atoms with Gasteiger partial charge >= 0.3 is 0 Å². The second kappa shape index (κ2) is 8.45. The zero-order valence-corrected chi connectivity index (χ0v) is 18.7. The summed E-state index contributed by atoms with van der Waals surface area (Å²) < 4.78 is 2.39. The minimum atomic E-state index is 0.0115. The lowest BCUT2D eigenvalue weighted by atomic mass is 9.95. The third-order valence-corrected chi connectivity index (χ3v) is 6.00. The summed E-state index contributed by atoms with van der Waals surface area (Å²) in [5, 5.41) is 5.78. The third kappa shape index (κ3) is 3.78. The molecule has 0 spiro atoms. The van der Waals surface area contributed by atoms with Crippen LogP contribution < -0.4 is 10.2 Å². The van der Waals surface area contributed by atoms with Crippen molar-refractivity contribution in [2.45, 2.75) is 26.4 Å². The smallest absolute Gasteiger partial charge is 0.0791 e. The van der Waals surface area contributed by atoms with Crippen molar-refractivity contribution in [2.75, 3.05) is 24.3 Å². The fraction of sp³-hybridized carbons (Fsp3) is 0.231. The van der Waals surface area contributed by atoms with E-state index < -0.39 is 0 Å². The van der Waals surface area contributed by atoms with Gasteiger partial charge in [0.05, 0.1) is 6.04 Å². The number of benzene rings is 3. The van der Waals surface area contributed by atoms with Crippen LogP contribution in [0.1, 0.15) is 29.8 Å². The van der Waals surface area contributed by atoms with E-state index in [1.807, 2.05) is 18.2 Å². The molecule has 154 valence electrons. The van der Waals surface area contributed by atoms with Crippen LogP contribution in [0.2, 0.25) is 5.02 Å². The molecule has 1 atom stereocenters. The second-order valence-electron chi connectivity index (χ2n) is 7.83. The molecular formula is C26H28ClN3. The molecule has 3 nitrogen and oxygen atoms in total. The highest BCUT2D eigenvalue weighted by atomic mass is 35.5. The number of aromatic nitrogens is 1. The molecule has 0 saturated carbocycles. The van der Waals surface area contributed by atoms with Crippen molar-refractivity contribution in [1.29, 1.82) is 0 Å². The van der Waals surface area contributed by atoms with Crippen molar-refractivity contribution in [3.63, 3.8) is 0 Å². The Morgan fingerprint density at radius 3 is 2.37 bits per heavy atom. The molecule has 0 saturated heterocycles. The van der Waals surface area contributed by atoms with Crippen LogP contribution in [0.5, 0.6) is 0 Å². The molecule has 0 amide bonds. The fourth-order valence-electron chi connectivity index (χ4n) is 4.26. The highest BCUT2D eigenvalue weighted by Crippen LogP contribution is 2.37. The summed E-state index contributed by atoms with van der Waals surface area (Å²) in [7, 11) is 4.13. The minimum Gasteiger partial charge on any atom is -0.378 e. The average Bonchev–Trinajstić information content (AvgIpc) is 3.03. The molecule has 0 radical (unpaired) electrons. The third-order valence-electron chi connectivity index (χ3n) is 5.76. The van der Waals surface area contributed by atoms with Gasteiger partial charge in [-0.15, -0.1) is 0 Å². The maximum Gasteiger partial charge on any atom is 0.0791 e. The topological polar surface area (TPSA) is 20.2 Å². The Labute approximate surface area is 183 Å². The maximum atomic E-state index is 6.28. The van der Waals surface area contributed by atoms with E-state index >= 15 is 0 Å². The van der Waals surface area contributed by atoms with Gasteiger partial charge < -0.3 is 14.8 Å². The second-order valence-corrected chi connectivity index (χ2v) is 8.27. The first kappa shape index (κ1) is 20.4. The van der Waals surface area contributed by atoms with Gasteiger partial charge in [-0.05, 0) is 55.8 Å². The van der Waals surface area contributed by atoms with Gasteiger partial charge in [0.25, 0.3) is 0 Å². The van der Waals surface area contributed by atoms with Crippen molar-refractivity contribution in [2.24, 2.45) is 0 Å². The normalized spacial score (nSPS) is 12.2. The van der Waals surface area contributed by atoms with Crippen molar-refractivity contribution < 1.29 is 0 Å². The number of nitrogens with one attached hydrogen (secondary N) is 1. The number of rotatable bonds is 6. The summed E-state index contributed by atoms with van der Waals surface area (Å²) >= 11 is 6.28. The van der Waals surface area contributed by atoms with Gasteiger partial charge in [0, 0.05) is 59.2 Å². The van der Waals surface area contributed by atoms with Gasteiger partial charge in [-0.25, -0.2) is 0 Å². The molecule has 0 aliphatic rings. The molecule has 0 aliphatic heterocycles. The molecule has 1 N–H and O–H groups in total. The van der Waals surface area contributed by atoms with Crippen LogP contribution in [0.25, 0.3) is 10.9 Å². The lowest BCUT2D eigenvalue weighted by Gasteiger charge is -2.23. The summed E-state index contributed by atoms with van der Waals surface area (Å²) in [5.41, 5.74) is 7.29. The summed E-state index contributed by atoms with van der Waals surface area (Å²) in [6, 6.07) is 25.4. The van der Waals surface area contributed by atoms with Crippen molar-refractivity contribution in [3.05, 3.63) is 94.6 Å². The Hall–Kier alpha value is -2.91. The molecule has 1 aromatic heterocycles. The Kier molecular flexibility index (Phi) is 5.74. The summed E-state index contributed by atoms with van der Waals surface area (Å²) in [5.74, 6) is 0. The molecule has 0 fully saturated rings. The predicted octanol–water partition coefficient (Wildman–Crippen LogP) is 6.89. The quantitative estimate of drug-likeness (QED) is 0.368. The van der Waals surface area contributed by atoms with Gasteiger partial charge in [0.1, 0.15) is 0 Å². The Bertz CT molecular complexity index is 1160. The average molecular weight is 418 g/mol. The summed E-state index contributed by atoms with van der Waals surface area (Å²) in [6.07, 6.45) is 0. The zero-order valence-electron chi connectivity index (χ0n) is 18.0. The number of hydrogen-bond donors (Lipinski definition) is 1. The molecular weight excluding hydrogens is 390 g/mol. The van der Waals surface area contributed by atoms with E-state index in [2.05, 4.69) is 97.3 Å². The molecule has 0 bridgehead atoms. The molecule has 0 aliphatic carbocycles. The van der Waals surface area contributed by atoms with Crippen LogP contribution in [0, 0.1) is 6.92 Å². The first-order chi connectivity index (χ1) is 14.5. The van der Waals surface area contributed by atoms with Crippen molar-refractivity contribution in [1.82, 2.24) is 4.57 Å². The number of halogens is 1. The molecule has 1 unspecified atom stereocenters. The number of fused-ring (bicyclic) bond motifs is 1. The fourth-order valence-corrected chi connectivity index (χ4v) is 4.45. The number of para-hydroxylation sites is 1. The molecule has 3 aromatic carbocycles. The van der Waals surface area contributed by atoms with Crippen molar-refractivity contribution in [3.8, 4) is 0 Å². The van der Waals surface area contributed by atoms with Gasteiger partial charge in [0.2, 0.25) is 0 Å². The first-order valence-corrected chi connectivity index (χ1v) is 10.7. The molecule has 30 heavy (non-hydrogen) atoms. The largest absolute Gasteiger partial charge is 0.378 e. The monoisotopic (exact) mass is 417 g/mol. The minimum absolute atomic E-state index is 0.0115. The van der Waals surface area contributed by atoms with Crippen LogP contribution in [-0.2, 0) is 6.54 Å². The van der Waals surface area contributed by atoms with E-state index in [-0.39, 0.29) is 6.04 Å². The number of aryl methyl sites for hydroxylation is 1. The van der Waals surface area contributed by atoms with E-state index in [0.29, 0.717) is 0 Å². The Morgan fingerprint density at radius 1 is 0.967 bits per heavy atom. The molecule has 4 aromatic rings. The zero-order chi connectivity index (χ0) is 21.3. The van der Waals surface area contributed by atoms with Crippen LogP contribution in [0.3, 0.4) is 0 Å². The van der Waals surface area contributed by atoms with Gasteiger partial charge in [0.15, 0.2) is 0 Å². The van der Waals surface area contributed by atoms with Gasteiger partial charge in [-0.1, -0.05) is 48.0 Å². The van der Waals surface area contributed by atoms with E-state index in [1.165, 1.54) is 33.4 Å². The standard InChI is InChI=1S/C26H28ClN3/c1-5-30-18(2)25(23-11-6-7-12-24(23)30)26(28-21-10-8-9-20(27)17-21)19-13-15-22(16-14-19)29(3)4/h6-17,26,28H,5H2,1-4H3. The summed E-state index contributed by atoms with van der Waals surface area (Å²) in [4.78, 5) is 2.12. The van der Waals surface area contributed by atoms with E-state index in [1.54, 1.807) is 0 Å². The molecule has 1 heterocycles. The van der Waals surface area contributed by atoms with Crippen LogP contribution in [-0.4, -0.2) is 18.7 Å². The number of anilines is 2. The molecule has 4 heteroatoms. The van der Waals surface area contributed by atoms with Crippen LogP contribution >= 0.6 is 11.6 Å².